The first-order valence-electron chi connectivity index (χ1n) is 4.67. The van der Waals surface area contributed by atoms with Crippen LogP contribution < -0.4 is 0 Å². The molecule has 1 atom stereocenters. The SMILES string of the molecule is CC(C)n1ccc(CC(C#N)CBr)n1. The van der Waals surface area contributed by atoms with E-state index in [2.05, 4.69) is 40.9 Å². The fourth-order valence-electron chi connectivity index (χ4n) is 1.16. The summed E-state index contributed by atoms with van der Waals surface area (Å²) in [5.74, 6) is 0.0190. The number of hydrogen-bond donors (Lipinski definition) is 0. The van der Waals surface area contributed by atoms with Gasteiger partial charge < -0.3 is 0 Å². The molecule has 4 heteroatoms. The van der Waals surface area contributed by atoms with E-state index in [1.54, 1.807) is 0 Å². The molecule has 0 N–H and O–H groups in total. The summed E-state index contributed by atoms with van der Waals surface area (Å²) < 4.78 is 1.91. The van der Waals surface area contributed by atoms with Crippen molar-refractivity contribution in [1.82, 2.24) is 9.78 Å². The lowest BCUT2D eigenvalue weighted by molar-refractivity contribution is 0.523. The molecule has 1 heterocycles. The summed E-state index contributed by atoms with van der Waals surface area (Å²) in [5, 5.41) is 13.9. The van der Waals surface area contributed by atoms with Crippen molar-refractivity contribution < 1.29 is 0 Å². The van der Waals surface area contributed by atoms with Crippen molar-refractivity contribution in [2.24, 2.45) is 5.92 Å². The topological polar surface area (TPSA) is 41.6 Å². The molecular formula is C10H14BrN3. The van der Waals surface area contributed by atoms with E-state index in [-0.39, 0.29) is 5.92 Å². The second-order valence-corrected chi connectivity index (χ2v) is 4.21. The second kappa shape index (κ2) is 5.16. The van der Waals surface area contributed by atoms with Crippen LogP contribution in [0, 0.1) is 17.2 Å². The summed E-state index contributed by atoms with van der Waals surface area (Å²) in [4.78, 5) is 0. The molecule has 0 aromatic carbocycles. The second-order valence-electron chi connectivity index (χ2n) is 3.57. The van der Waals surface area contributed by atoms with Crippen molar-refractivity contribution in [2.75, 3.05) is 5.33 Å². The third-order valence-electron chi connectivity index (χ3n) is 2.02. The van der Waals surface area contributed by atoms with Crippen molar-refractivity contribution in [3.8, 4) is 6.07 Å². The third kappa shape index (κ3) is 2.85. The normalized spacial score (nSPS) is 12.8. The number of aromatic nitrogens is 2. The largest absolute Gasteiger partial charge is 0.270 e. The molecule has 0 radical (unpaired) electrons. The van der Waals surface area contributed by atoms with Gasteiger partial charge in [0.1, 0.15) is 0 Å². The molecule has 0 saturated carbocycles. The van der Waals surface area contributed by atoms with Crippen LogP contribution in [0.2, 0.25) is 0 Å². The van der Waals surface area contributed by atoms with Gasteiger partial charge in [0.15, 0.2) is 0 Å². The van der Waals surface area contributed by atoms with Crippen LogP contribution in [0.3, 0.4) is 0 Å². The standard InChI is InChI=1S/C10H14BrN3/c1-8(2)14-4-3-10(13-14)5-9(6-11)7-12/h3-4,8-9H,5-6H2,1-2H3. The van der Waals surface area contributed by atoms with Gasteiger partial charge in [-0.3, -0.25) is 4.68 Å². The Balaban J connectivity index is 2.64. The van der Waals surface area contributed by atoms with E-state index in [0.29, 0.717) is 11.4 Å². The molecule has 0 bridgehead atoms. The molecule has 0 aliphatic rings. The van der Waals surface area contributed by atoms with Gasteiger partial charge in [0.05, 0.1) is 17.7 Å². The van der Waals surface area contributed by atoms with Crippen LogP contribution in [0.4, 0.5) is 0 Å². The van der Waals surface area contributed by atoms with Crippen LogP contribution in [-0.4, -0.2) is 15.1 Å². The van der Waals surface area contributed by atoms with Crippen molar-refractivity contribution in [3.63, 3.8) is 0 Å². The van der Waals surface area contributed by atoms with E-state index in [9.17, 15) is 0 Å². The van der Waals surface area contributed by atoms with E-state index in [4.69, 9.17) is 5.26 Å². The maximum atomic E-state index is 8.79. The molecule has 0 aliphatic carbocycles. The van der Waals surface area contributed by atoms with Crippen molar-refractivity contribution in [1.29, 1.82) is 5.26 Å². The van der Waals surface area contributed by atoms with Crippen LogP contribution >= 0.6 is 15.9 Å². The number of rotatable bonds is 4. The minimum absolute atomic E-state index is 0.0190. The number of halogens is 1. The highest BCUT2D eigenvalue weighted by Crippen LogP contribution is 2.10. The minimum Gasteiger partial charge on any atom is -0.270 e. The lowest BCUT2D eigenvalue weighted by atomic mass is 10.1. The van der Waals surface area contributed by atoms with Crippen molar-refractivity contribution in [2.45, 2.75) is 26.3 Å². The quantitative estimate of drug-likeness (QED) is 0.777. The van der Waals surface area contributed by atoms with Crippen LogP contribution in [0.1, 0.15) is 25.6 Å². The number of nitrogens with zero attached hydrogens (tertiary/aromatic N) is 3. The monoisotopic (exact) mass is 255 g/mol. The van der Waals surface area contributed by atoms with Crippen LogP contribution in [-0.2, 0) is 6.42 Å². The minimum atomic E-state index is 0.0190. The molecule has 1 rings (SSSR count). The predicted octanol–water partition coefficient (Wildman–Crippen LogP) is 2.54. The summed E-state index contributed by atoms with van der Waals surface area (Å²) in [5.41, 5.74) is 0.990. The van der Waals surface area contributed by atoms with E-state index in [1.165, 1.54) is 0 Å². The molecule has 14 heavy (non-hydrogen) atoms. The van der Waals surface area contributed by atoms with Gasteiger partial charge in [0.25, 0.3) is 0 Å². The van der Waals surface area contributed by atoms with Crippen molar-refractivity contribution in [3.05, 3.63) is 18.0 Å². The lowest BCUT2D eigenvalue weighted by Crippen LogP contribution is -2.06. The summed E-state index contributed by atoms with van der Waals surface area (Å²) in [6.45, 7) is 4.17. The molecule has 0 spiro atoms. The van der Waals surface area contributed by atoms with Crippen molar-refractivity contribution >= 4 is 15.9 Å². The first-order chi connectivity index (χ1) is 6.67. The van der Waals surface area contributed by atoms with Gasteiger partial charge in [-0.15, -0.1) is 0 Å². The average Bonchev–Trinajstić information content (AvgIpc) is 2.62. The molecule has 3 nitrogen and oxygen atoms in total. The Kier molecular flexibility index (Phi) is 4.15. The van der Waals surface area contributed by atoms with Crippen LogP contribution in [0.25, 0.3) is 0 Å². The zero-order valence-electron chi connectivity index (χ0n) is 8.44. The van der Waals surface area contributed by atoms with Gasteiger partial charge in [-0.25, -0.2) is 0 Å². The zero-order chi connectivity index (χ0) is 10.6. The molecule has 0 saturated heterocycles. The maximum absolute atomic E-state index is 8.79. The summed E-state index contributed by atoms with van der Waals surface area (Å²) in [6, 6.07) is 4.60. The highest BCUT2D eigenvalue weighted by Gasteiger charge is 2.09. The van der Waals surface area contributed by atoms with E-state index < -0.39 is 0 Å². The fourth-order valence-corrected chi connectivity index (χ4v) is 1.53. The Morgan fingerprint density at radius 1 is 1.64 bits per heavy atom. The van der Waals surface area contributed by atoms with E-state index in [0.717, 1.165) is 12.1 Å². The van der Waals surface area contributed by atoms with Crippen LogP contribution in [0.15, 0.2) is 12.3 Å². The van der Waals surface area contributed by atoms with Crippen LogP contribution in [0.5, 0.6) is 0 Å². The van der Waals surface area contributed by atoms with Gasteiger partial charge in [-0.2, -0.15) is 10.4 Å². The zero-order valence-corrected chi connectivity index (χ0v) is 10.0. The predicted molar refractivity (Wildman–Crippen MR) is 59.2 cm³/mol. The molecule has 0 amide bonds. The first kappa shape index (κ1) is 11.3. The average molecular weight is 256 g/mol. The molecule has 76 valence electrons. The molecule has 1 aromatic rings. The highest BCUT2D eigenvalue weighted by atomic mass is 79.9. The first-order valence-corrected chi connectivity index (χ1v) is 5.79. The fraction of sp³-hybridized carbons (Fsp3) is 0.600. The Hall–Kier alpha value is -0.820. The van der Waals surface area contributed by atoms with Gasteiger partial charge in [0.2, 0.25) is 0 Å². The Morgan fingerprint density at radius 3 is 2.79 bits per heavy atom. The third-order valence-corrected chi connectivity index (χ3v) is 2.80. The summed E-state index contributed by atoms with van der Waals surface area (Å²) >= 11 is 3.31. The smallest absolute Gasteiger partial charge is 0.0668 e. The molecule has 0 fully saturated rings. The number of nitriles is 1. The molecule has 1 unspecified atom stereocenters. The van der Waals surface area contributed by atoms with Gasteiger partial charge in [-0.1, -0.05) is 15.9 Å². The van der Waals surface area contributed by atoms with Gasteiger partial charge in [-0.05, 0) is 19.9 Å². The molecule has 0 aliphatic heterocycles. The summed E-state index contributed by atoms with van der Waals surface area (Å²) in [6.07, 6.45) is 2.68. The Morgan fingerprint density at radius 2 is 2.36 bits per heavy atom. The highest BCUT2D eigenvalue weighted by molar-refractivity contribution is 9.09. The number of hydrogen-bond acceptors (Lipinski definition) is 2. The molecule has 1 aromatic heterocycles. The van der Waals surface area contributed by atoms with E-state index in [1.807, 2.05) is 16.9 Å². The van der Waals surface area contributed by atoms with E-state index >= 15 is 0 Å². The Labute approximate surface area is 92.9 Å². The number of alkyl halides is 1. The van der Waals surface area contributed by atoms with Gasteiger partial charge in [0, 0.05) is 24.0 Å². The summed E-state index contributed by atoms with van der Waals surface area (Å²) in [7, 11) is 0. The Bertz CT molecular complexity index is 324. The maximum Gasteiger partial charge on any atom is 0.0668 e. The van der Waals surface area contributed by atoms with Gasteiger partial charge >= 0.3 is 0 Å². The molecular weight excluding hydrogens is 242 g/mol. The lowest BCUT2D eigenvalue weighted by Gasteiger charge is -2.04.